The van der Waals surface area contributed by atoms with E-state index in [2.05, 4.69) is 15.5 Å². The fourth-order valence-electron chi connectivity index (χ4n) is 2.22. The first-order valence-corrected chi connectivity index (χ1v) is 7.18. The molecule has 1 amide bonds. The number of benzene rings is 1. The minimum absolute atomic E-state index is 0.0187. The predicted molar refractivity (Wildman–Crippen MR) is 83.3 cm³/mol. The van der Waals surface area contributed by atoms with Gasteiger partial charge in [0.15, 0.2) is 0 Å². The summed E-state index contributed by atoms with van der Waals surface area (Å²) in [5.74, 6) is 0.136. The lowest BCUT2D eigenvalue weighted by Crippen LogP contribution is -2.37. The number of rotatable bonds is 6. The maximum atomic E-state index is 12.0. The number of hydrogen-bond acceptors (Lipinski definition) is 3. The molecule has 4 N–H and O–H groups in total. The number of hydrogen-bond donors (Lipinski definition) is 3. The summed E-state index contributed by atoms with van der Waals surface area (Å²) in [5, 5.41) is 9.80. The number of amides is 1. The number of aromatic nitrogens is 2. The van der Waals surface area contributed by atoms with Crippen molar-refractivity contribution in [2.45, 2.75) is 20.4 Å². The van der Waals surface area contributed by atoms with Gasteiger partial charge in [-0.05, 0) is 23.1 Å². The van der Waals surface area contributed by atoms with Gasteiger partial charge < -0.3 is 11.1 Å². The Balaban J connectivity index is 1.93. The van der Waals surface area contributed by atoms with Crippen molar-refractivity contribution in [3.63, 3.8) is 0 Å². The Hall–Kier alpha value is -2.14. The topological polar surface area (TPSA) is 83.8 Å². The maximum absolute atomic E-state index is 12.0. The van der Waals surface area contributed by atoms with E-state index in [1.165, 1.54) is 0 Å². The molecule has 21 heavy (non-hydrogen) atoms. The van der Waals surface area contributed by atoms with Gasteiger partial charge in [-0.1, -0.05) is 38.1 Å². The molecule has 0 saturated carbocycles. The Kier molecular flexibility index (Phi) is 5.11. The molecule has 1 aromatic carbocycles. The third-order valence-electron chi connectivity index (χ3n) is 3.63. The van der Waals surface area contributed by atoms with E-state index < -0.39 is 0 Å². The third-order valence-corrected chi connectivity index (χ3v) is 3.63. The average Bonchev–Trinajstić information content (AvgIpc) is 3.00. The lowest BCUT2D eigenvalue weighted by atomic mass is 9.95. The Morgan fingerprint density at radius 3 is 2.52 bits per heavy atom. The van der Waals surface area contributed by atoms with Crippen LogP contribution in [0.25, 0.3) is 11.3 Å². The monoisotopic (exact) mass is 286 g/mol. The fraction of sp³-hybridized carbons (Fsp3) is 0.375. The minimum Gasteiger partial charge on any atom is -0.352 e. The molecule has 2 rings (SSSR count). The molecule has 0 bridgehead atoms. The van der Waals surface area contributed by atoms with E-state index in [1.807, 2.05) is 44.2 Å². The van der Waals surface area contributed by atoms with E-state index in [1.54, 1.807) is 6.20 Å². The zero-order valence-corrected chi connectivity index (χ0v) is 12.5. The standard InChI is InChI=1S/C16H22N4O/c1-11(2)14(9-17)16(21)18-10-12-3-5-13(6-4-12)15-7-8-19-20-15/h3-8,11,14H,9-10,17H2,1-2H3,(H,18,21)(H,19,20). The van der Waals surface area contributed by atoms with E-state index in [0.29, 0.717) is 13.1 Å². The highest BCUT2D eigenvalue weighted by atomic mass is 16.1. The molecule has 1 heterocycles. The van der Waals surface area contributed by atoms with Gasteiger partial charge >= 0.3 is 0 Å². The summed E-state index contributed by atoms with van der Waals surface area (Å²) in [7, 11) is 0. The number of carbonyl (C=O) groups excluding carboxylic acids is 1. The van der Waals surface area contributed by atoms with Gasteiger partial charge in [-0.15, -0.1) is 0 Å². The number of nitrogens with one attached hydrogen (secondary N) is 2. The van der Waals surface area contributed by atoms with Gasteiger partial charge in [-0.25, -0.2) is 0 Å². The van der Waals surface area contributed by atoms with Gasteiger partial charge in [0.2, 0.25) is 5.91 Å². The Morgan fingerprint density at radius 2 is 2.00 bits per heavy atom. The van der Waals surface area contributed by atoms with Crippen LogP contribution in [0.15, 0.2) is 36.5 Å². The second-order valence-electron chi connectivity index (χ2n) is 5.47. The second-order valence-corrected chi connectivity index (χ2v) is 5.47. The molecule has 0 saturated heterocycles. The molecule has 0 aliphatic heterocycles. The normalized spacial score (nSPS) is 12.4. The Bertz CT molecular complexity index is 560. The first-order chi connectivity index (χ1) is 10.1. The fourth-order valence-corrected chi connectivity index (χ4v) is 2.22. The van der Waals surface area contributed by atoms with Gasteiger partial charge in [-0.2, -0.15) is 5.10 Å². The number of H-pyrrole nitrogens is 1. The van der Waals surface area contributed by atoms with Crippen molar-refractivity contribution >= 4 is 5.91 Å². The van der Waals surface area contributed by atoms with Gasteiger partial charge in [0.25, 0.3) is 0 Å². The van der Waals surface area contributed by atoms with Crippen LogP contribution in [0.1, 0.15) is 19.4 Å². The van der Waals surface area contributed by atoms with Crippen LogP contribution in [0.3, 0.4) is 0 Å². The molecule has 1 aromatic heterocycles. The van der Waals surface area contributed by atoms with Gasteiger partial charge in [0, 0.05) is 19.3 Å². The van der Waals surface area contributed by atoms with Crippen LogP contribution in [0.4, 0.5) is 0 Å². The molecule has 1 atom stereocenters. The van der Waals surface area contributed by atoms with E-state index in [0.717, 1.165) is 16.8 Å². The molecule has 0 spiro atoms. The molecule has 112 valence electrons. The number of aromatic amines is 1. The highest BCUT2D eigenvalue weighted by Gasteiger charge is 2.19. The van der Waals surface area contributed by atoms with Crippen molar-refractivity contribution < 1.29 is 4.79 Å². The summed E-state index contributed by atoms with van der Waals surface area (Å²) in [6.07, 6.45) is 1.72. The van der Waals surface area contributed by atoms with E-state index in [4.69, 9.17) is 5.73 Å². The van der Waals surface area contributed by atoms with Gasteiger partial charge in [0.05, 0.1) is 11.6 Å². The quantitative estimate of drug-likeness (QED) is 0.758. The van der Waals surface area contributed by atoms with Crippen LogP contribution in [0.2, 0.25) is 0 Å². The summed E-state index contributed by atoms with van der Waals surface area (Å²) in [4.78, 5) is 12.0. The first-order valence-electron chi connectivity index (χ1n) is 7.18. The molecular weight excluding hydrogens is 264 g/mol. The first kappa shape index (κ1) is 15.3. The lowest BCUT2D eigenvalue weighted by molar-refractivity contribution is -0.126. The lowest BCUT2D eigenvalue weighted by Gasteiger charge is -2.18. The van der Waals surface area contributed by atoms with Crippen LogP contribution < -0.4 is 11.1 Å². The maximum Gasteiger partial charge on any atom is 0.224 e. The molecule has 2 aromatic rings. The number of nitrogens with zero attached hydrogens (tertiary/aromatic N) is 1. The van der Waals surface area contributed by atoms with Crippen LogP contribution in [0.5, 0.6) is 0 Å². The molecule has 5 heteroatoms. The SMILES string of the molecule is CC(C)C(CN)C(=O)NCc1ccc(-c2ccn[nH]2)cc1. The highest BCUT2D eigenvalue weighted by Crippen LogP contribution is 2.16. The number of carbonyl (C=O) groups is 1. The second kappa shape index (κ2) is 7.04. The van der Waals surface area contributed by atoms with Crippen molar-refractivity contribution in [1.82, 2.24) is 15.5 Å². The average molecular weight is 286 g/mol. The molecule has 0 radical (unpaired) electrons. The van der Waals surface area contributed by atoms with E-state index in [-0.39, 0.29) is 17.7 Å². The summed E-state index contributed by atoms with van der Waals surface area (Å²) in [6, 6.07) is 9.95. The van der Waals surface area contributed by atoms with E-state index >= 15 is 0 Å². The van der Waals surface area contributed by atoms with Crippen molar-refractivity contribution in [3.05, 3.63) is 42.1 Å². The van der Waals surface area contributed by atoms with Crippen LogP contribution in [0, 0.1) is 11.8 Å². The zero-order chi connectivity index (χ0) is 15.2. The molecule has 0 fully saturated rings. The van der Waals surface area contributed by atoms with Crippen LogP contribution in [-0.4, -0.2) is 22.6 Å². The summed E-state index contributed by atoms with van der Waals surface area (Å²) in [6.45, 7) is 4.92. The summed E-state index contributed by atoms with van der Waals surface area (Å²) < 4.78 is 0. The molecule has 0 aliphatic carbocycles. The Morgan fingerprint density at radius 1 is 1.29 bits per heavy atom. The highest BCUT2D eigenvalue weighted by molar-refractivity contribution is 5.79. The van der Waals surface area contributed by atoms with Crippen molar-refractivity contribution in [3.8, 4) is 11.3 Å². The predicted octanol–water partition coefficient (Wildman–Crippen LogP) is 1.92. The van der Waals surface area contributed by atoms with Crippen LogP contribution in [-0.2, 0) is 11.3 Å². The molecule has 5 nitrogen and oxygen atoms in total. The minimum atomic E-state index is -0.130. The third kappa shape index (κ3) is 3.92. The zero-order valence-electron chi connectivity index (χ0n) is 12.5. The van der Waals surface area contributed by atoms with Crippen molar-refractivity contribution in [2.24, 2.45) is 17.6 Å². The Labute approximate surface area is 124 Å². The van der Waals surface area contributed by atoms with E-state index in [9.17, 15) is 4.79 Å². The van der Waals surface area contributed by atoms with Crippen molar-refractivity contribution in [1.29, 1.82) is 0 Å². The van der Waals surface area contributed by atoms with Gasteiger partial charge in [0.1, 0.15) is 0 Å². The summed E-state index contributed by atoms with van der Waals surface area (Å²) >= 11 is 0. The largest absolute Gasteiger partial charge is 0.352 e. The number of nitrogens with two attached hydrogens (primary N) is 1. The van der Waals surface area contributed by atoms with Gasteiger partial charge in [-0.3, -0.25) is 9.89 Å². The molecular formula is C16H22N4O. The summed E-state index contributed by atoms with van der Waals surface area (Å²) in [5.41, 5.74) is 8.76. The smallest absolute Gasteiger partial charge is 0.224 e. The molecule has 0 aliphatic rings. The van der Waals surface area contributed by atoms with Crippen molar-refractivity contribution in [2.75, 3.05) is 6.54 Å². The van der Waals surface area contributed by atoms with Crippen LogP contribution >= 0.6 is 0 Å². The molecule has 1 unspecified atom stereocenters.